The van der Waals surface area contributed by atoms with Crippen molar-refractivity contribution in [2.24, 2.45) is 0 Å². The SMILES string of the molecule is COC(=O)CC(c1ccc(Br)cc1)c1c(O)cc(O)c2c(=O)cc(-c3ccccc3)oc12. The molecular formula is C25H19BrO6. The van der Waals surface area contributed by atoms with Crippen LogP contribution >= 0.6 is 15.9 Å². The average molecular weight is 495 g/mol. The molecular weight excluding hydrogens is 476 g/mol. The molecule has 0 saturated carbocycles. The fourth-order valence-corrected chi connectivity index (χ4v) is 4.00. The maximum atomic E-state index is 12.9. The maximum absolute atomic E-state index is 12.9. The molecule has 32 heavy (non-hydrogen) atoms. The first-order chi connectivity index (χ1) is 15.4. The fourth-order valence-electron chi connectivity index (χ4n) is 3.73. The number of esters is 1. The normalized spacial score (nSPS) is 11.9. The fraction of sp³-hybridized carbons (Fsp3) is 0.120. The van der Waals surface area contributed by atoms with E-state index < -0.39 is 23.1 Å². The third-order valence-corrected chi connectivity index (χ3v) is 5.80. The summed E-state index contributed by atoms with van der Waals surface area (Å²) in [6, 6.07) is 18.6. The summed E-state index contributed by atoms with van der Waals surface area (Å²) in [6.07, 6.45) is -0.106. The molecule has 1 aromatic heterocycles. The van der Waals surface area contributed by atoms with Gasteiger partial charge in [-0.05, 0) is 17.7 Å². The Balaban J connectivity index is 2.04. The van der Waals surface area contributed by atoms with Gasteiger partial charge in [0.15, 0.2) is 5.43 Å². The van der Waals surface area contributed by atoms with Gasteiger partial charge in [-0.1, -0.05) is 58.4 Å². The summed E-state index contributed by atoms with van der Waals surface area (Å²) in [6.45, 7) is 0. The minimum absolute atomic E-state index is 0.0191. The number of benzene rings is 3. The summed E-state index contributed by atoms with van der Waals surface area (Å²) < 4.78 is 11.8. The molecule has 3 aromatic carbocycles. The molecule has 2 N–H and O–H groups in total. The van der Waals surface area contributed by atoms with E-state index in [2.05, 4.69) is 15.9 Å². The van der Waals surface area contributed by atoms with Gasteiger partial charge in [0.05, 0.1) is 13.5 Å². The van der Waals surface area contributed by atoms with Crippen LogP contribution < -0.4 is 5.43 Å². The van der Waals surface area contributed by atoms with E-state index in [1.807, 2.05) is 30.3 Å². The Bertz CT molecular complexity index is 1340. The summed E-state index contributed by atoms with van der Waals surface area (Å²) >= 11 is 3.39. The zero-order chi connectivity index (χ0) is 22.8. The van der Waals surface area contributed by atoms with Crippen molar-refractivity contribution >= 4 is 32.9 Å². The van der Waals surface area contributed by atoms with Crippen molar-refractivity contribution in [1.82, 2.24) is 0 Å². The number of carbonyl (C=O) groups excluding carboxylic acids is 1. The van der Waals surface area contributed by atoms with E-state index in [0.717, 1.165) is 10.5 Å². The molecule has 1 atom stereocenters. The van der Waals surface area contributed by atoms with E-state index in [4.69, 9.17) is 9.15 Å². The van der Waals surface area contributed by atoms with Crippen LogP contribution in [0, 0.1) is 0 Å². The van der Waals surface area contributed by atoms with Crippen molar-refractivity contribution in [3.05, 3.63) is 92.6 Å². The molecule has 0 radical (unpaired) electrons. The van der Waals surface area contributed by atoms with Gasteiger partial charge in [0.2, 0.25) is 0 Å². The third kappa shape index (κ3) is 4.11. The molecule has 162 valence electrons. The van der Waals surface area contributed by atoms with Crippen LogP contribution in [0.15, 0.2) is 80.4 Å². The quantitative estimate of drug-likeness (QED) is 0.364. The third-order valence-electron chi connectivity index (χ3n) is 5.28. The number of phenolic OH excluding ortho intramolecular Hbond substituents is 2. The molecule has 0 spiro atoms. The van der Waals surface area contributed by atoms with Crippen molar-refractivity contribution in [1.29, 1.82) is 0 Å². The summed E-state index contributed by atoms with van der Waals surface area (Å²) in [5, 5.41) is 21.2. The Morgan fingerprint density at radius 2 is 1.72 bits per heavy atom. The Hall–Kier alpha value is -3.58. The van der Waals surface area contributed by atoms with E-state index in [1.165, 1.54) is 13.2 Å². The van der Waals surface area contributed by atoms with Crippen molar-refractivity contribution in [2.75, 3.05) is 7.11 Å². The maximum Gasteiger partial charge on any atom is 0.306 e. The van der Waals surface area contributed by atoms with Crippen LogP contribution in [0.3, 0.4) is 0 Å². The molecule has 0 aliphatic rings. The number of hydrogen-bond acceptors (Lipinski definition) is 6. The van der Waals surface area contributed by atoms with Crippen LogP contribution in [0.1, 0.15) is 23.5 Å². The number of aromatic hydroxyl groups is 2. The number of ether oxygens (including phenoxy) is 1. The zero-order valence-corrected chi connectivity index (χ0v) is 18.6. The van der Waals surface area contributed by atoms with Crippen molar-refractivity contribution in [3.8, 4) is 22.8 Å². The number of hydrogen-bond donors (Lipinski definition) is 2. The van der Waals surface area contributed by atoms with Gasteiger partial charge in [0.25, 0.3) is 0 Å². The van der Waals surface area contributed by atoms with E-state index in [1.54, 1.807) is 24.3 Å². The molecule has 1 heterocycles. The first kappa shape index (κ1) is 21.6. The molecule has 4 rings (SSSR count). The second-order valence-electron chi connectivity index (χ2n) is 7.26. The van der Waals surface area contributed by atoms with Crippen molar-refractivity contribution < 1.29 is 24.2 Å². The standard InChI is InChI=1S/C25H19BrO6/c1-31-22(30)11-17(14-7-9-16(26)10-8-14)23-18(27)12-19(28)24-20(29)13-21(32-25(23)24)15-5-3-2-4-6-15/h2-10,12-13,17,27-28H,11H2,1H3. The molecule has 7 heteroatoms. The van der Waals surface area contributed by atoms with Gasteiger partial charge in [-0.3, -0.25) is 9.59 Å². The first-order valence-electron chi connectivity index (χ1n) is 9.79. The number of fused-ring (bicyclic) bond motifs is 1. The van der Waals surface area contributed by atoms with E-state index in [-0.39, 0.29) is 34.5 Å². The predicted molar refractivity (Wildman–Crippen MR) is 124 cm³/mol. The Morgan fingerprint density at radius 3 is 2.38 bits per heavy atom. The Labute approximate surface area is 191 Å². The molecule has 0 saturated heterocycles. The minimum Gasteiger partial charge on any atom is -0.507 e. The minimum atomic E-state index is -0.687. The molecule has 4 aromatic rings. The highest BCUT2D eigenvalue weighted by atomic mass is 79.9. The van der Waals surface area contributed by atoms with Gasteiger partial charge in [0, 0.05) is 33.7 Å². The summed E-state index contributed by atoms with van der Waals surface area (Å²) in [4.78, 5) is 25.2. The van der Waals surface area contributed by atoms with Crippen LogP contribution in [0.4, 0.5) is 0 Å². The van der Waals surface area contributed by atoms with Gasteiger partial charge >= 0.3 is 5.97 Å². The van der Waals surface area contributed by atoms with Gasteiger partial charge in [-0.2, -0.15) is 0 Å². The summed E-state index contributed by atoms with van der Waals surface area (Å²) in [7, 11) is 1.28. The van der Waals surface area contributed by atoms with Gasteiger partial charge in [-0.25, -0.2) is 0 Å². The second kappa shape index (κ2) is 8.88. The van der Waals surface area contributed by atoms with Gasteiger partial charge < -0.3 is 19.4 Å². The first-order valence-corrected chi connectivity index (χ1v) is 10.6. The van der Waals surface area contributed by atoms with Crippen molar-refractivity contribution in [3.63, 3.8) is 0 Å². The van der Waals surface area contributed by atoms with E-state index in [0.29, 0.717) is 11.1 Å². The molecule has 0 fully saturated rings. The highest BCUT2D eigenvalue weighted by Crippen LogP contribution is 2.43. The number of phenols is 2. The van der Waals surface area contributed by atoms with E-state index >= 15 is 0 Å². The topological polar surface area (TPSA) is 97.0 Å². The highest BCUT2D eigenvalue weighted by Gasteiger charge is 2.28. The van der Waals surface area contributed by atoms with Crippen LogP contribution in [-0.2, 0) is 9.53 Å². The molecule has 6 nitrogen and oxygen atoms in total. The Morgan fingerprint density at radius 1 is 1.03 bits per heavy atom. The monoisotopic (exact) mass is 494 g/mol. The summed E-state index contributed by atoms with van der Waals surface area (Å²) in [5.74, 6) is -1.60. The second-order valence-corrected chi connectivity index (χ2v) is 8.17. The molecule has 1 unspecified atom stereocenters. The number of methoxy groups -OCH3 is 1. The lowest BCUT2D eigenvalue weighted by Gasteiger charge is -2.20. The van der Waals surface area contributed by atoms with Crippen LogP contribution in [0.5, 0.6) is 11.5 Å². The van der Waals surface area contributed by atoms with Crippen LogP contribution in [0.2, 0.25) is 0 Å². The molecule has 0 aliphatic carbocycles. The number of rotatable bonds is 5. The largest absolute Gasteiger partial charge is 0.507 e. The van der Waals surface area contributed by atoms with Crippen LogP contribution in [0.25, 0.3) is 22.3 Å². The predicted octanol–water partition coefficient (Wildman–Crippen LogP) is 5.33. The molecule has 0 aliphatic heterocycles. The van der Waals surface area contributed by atoms with Crippen LogP contribution in [-0.4, -0.2) is 23.3 Å². The number of carbonyl (C=O) groups is 1. The lowest BCUT2D eigenvalue weighted by molar-refractivity contribution is -0.140. The van der Waals surface area contributed by atoms with Crippen molar-refractivity contribution in [2.45, 2.75) is 12.3 Å². The lowest BCUT2D eigenvalue weighted by Crippen LogP contribution is -2.12. The Kier molecular flexibility index (Phi) is 6.01. The average Bonchev–Trinajstić information content (AvgIpc) is 2.78. The molecule has 0 amide bonds. The molecule has 0 bridgehead atoms. The lowest BCUT2D eigenvalue weighted by atomic mass is 9.86. The number of halogens is 1. The highest BCUT2D eigenvalue weighted by molar-refractivity contribution is 9.10. The van der Waals surface area contributed by atoms with Gasteiger partial charge in [0.1, 0.15) is 28.2 Å². The van der Waals surface area contributed by atoms with E-state index in [9.17, 15) is 19.8 Å². The van der Waals surface area contributed by atoms with Gasteiger partial charge in [-0.15, -0.1) is 0 Å². The smallest absolute Gasteiger partial charge is 0.306 e. The zero-order valence-electron chi connectivity index (χ0n) is 17.0. The summed E-state index contributed by atoms with van der Waals surface area (Å²) in [5.41, 5.74) is 1.14.